The Hall–Kier alpha value is 0.220. The molecule has 0 aliphatic heterocycles. The predicted molar refractivity (Wildman–Crippen MR) is 90.0 cm³/mol. The van der Waals surface area contributed by atoms with Crippen LogP contribution in [0, 0.1) is 0 Å². The van der Waals surface area contributed by atoms with Gasteiger partial charge in [-0.2, -0.15) is 0 Å². The Morgan fingerprint density at radius 3 is 2.14 bits per heavy atom. The molecule has 4 nitrogen and oxygen atoms in total. The van der Waals surface area contributed by atoms with E-state index in [1.807, 2.05) is 0 Å². The SMILES string of the molecule is COC(=O)C(CCSC(Cl)=C(Cl)C(Cl)=C(Cl)Cl)NC(C)=O. The number of amides is 1. The van der Waals surface area contributed by atoms with E-state index in [2.05, 4.69) is 10.1 Å². The van der Waals surface area contributed by atoms with Gasteiger partial charge in [-0.3, -0.25) is 4.79 Å². The van der Waals surface area contributed by atoms with E-state index < -0.39 is 12.0 Å². The molecule has 10 heteroatoms. The summed E-state index contributed by atoms with van der Waals surface area (Å²) in [6, 6.07) is -0.758. The first-order valence-electron chi connectivity index (χ1n) is 5.44. The molecular weight excluding hydrogens is 403 g/mol. The van der Waals surface area contributed by atoms with Crippen molar-refractivity contribution in [2.45, 2.75) is 19.4 Å². The Balaban J connectivity index is 4.64. The summed E-state index contributed by atoms with van der Waals surface area (Å²) in [5, 5.41) is 2.42. The maximum atomic E-state index is 11.5. The van der Waals surface area contributed by atoms with Crippen LogP contribution < -0.4 is 5.32 Å². The fourth-order valence-corrected chi connectivity index (χ4v) is 2.97. The molecule has 0 aromatic rings. The third kappa shape index (κ3) is 8.43. The normalized spacial score (nSPS) is 13.1. The van der Waals surface area contributed by atoms with Crippen LogP contribution in [0.5, 0.6) is 0 Å². The minimum atomic E-state index is -0.758. The first-order chi connectivity index (χ1) is 9.70. The van der Waals surface area contributed by atoms with Crippen molar-refractivity contribution in [3.63, 3.8) is 0 Å². The summed E-state index contributed by atoms with van der Waals surface area (Å²) in [4.78, 5) is 22.5. The lowest BCUT2D eigenvalue weighted by molar-refractivity contribution is -0.144. The molecule has 1 unspecified atom stereocenters. The van der Waals surface area contributed by atoms with Gasteiger partial charge < -0.3 is 10.1 Å². The maximum absolute atomic E-state index is 11.5. The molecule has 0 aliphatic carbocycles. The molecule has 0 saturated carbocycles. The molecule has 0 saturated heterocycles. The molecule has 0 heterocycles. The van der Waals surface area contributed by atoms with E-state index in [0.29, 0.717) is 12.2 Å². The molecule has 1 amide bonds. The summed E-state index contributed by atoms with van der Waals surface area (Å²) >= 11 is 29.7. The van der Waals surface area contributed by atoms with E-state index in [0.717, 1.165) is 11.8 Å². The number of hydrogen-bond donors (Lipinski definition) is 1. The van der Waals surface area contributed by atoms with Gasteiger partial charge in [-0.25, -0.2) is 4.79 Å². The average Bonchev–Trinajstić information content (AvgIpc) is 2.42. The van der Waals surface area contributed by atoms with Gasteiger partial charge in [0.25, 0.3) is 0 Å². The Labute approximate surface area is 152 Å². The van der Waals surface area contributed by atoms with E-state index in [1.54, 1.807) is 0 Å². The van der Waals surface area contributed by atoms with Gasteiger partial charge in [-0.1, -0.05) is 58.0 Å². The van der Waals surface area contributed by atoms with Gasteiger partial charge >= 0.3 is 5.97 Å². The number of esters is 1. The first kappa shape index (κ1) is 21.2. The number of allylic oxidation sites excluding steroid dienone is 2. The second-order valence-electron chi connectivity index (χ2n) is 3.58. The van der Waals surface area contributed by atoms with E-state index >= 15 is 0 Å². The Kier molecular flexibility index (Phi) is 11.0. The molecule has 0 fully saturated rings. The number of ether oxygens (including phenoxy) is 1. The van der Waals surface area contributed by atoms with Gasteiger partial charge in [0.1, 0.15) is 10.5 Å². The zero-order chi connectivity index (χ0) is 16.6. The largest absolute Gasteiger partial charge is 0.467 e. The molecule has 0 aromatic carbocycles. The molecule has 0 radical (unpaired) electrons. The molecule has 120 valence electrons. The van der Waals surface area contributed by atoms with Crippen molar-refractivity contribution in [2.75, 3.05) is 12.9 Å². The maximum Gasteiger partial charge on any atom is 0.328 e. The van der Waals surface area contributed by atoms with Crippen molar-refractivity contribution >= 4 is 81.6 Å². The third-order valence-electron chi connectivity index (χ3n) is 2.03. The number of halogens is 5. The smallest absolute Gasteiger partial charge is 0.328 e. The monoisotopic (exact) mass is 413 g/mol. The van der Waals surface area contributed by atoms with Crippen molar-refractivity contribution in [3.05, 3.63) is 18.9 Å². The molecule has 0 bridgehead atoms. The van der Waals surface area contributed by atoms with Crippen LogP contribution in [0.2, 0.25) is 0 Å². The van der Waals surface area contributed by atoms with Crippen LogP contribution in [0.1, 0.15) is 13.3 Å². The third-order valence-corrected chi connectivity index (χ3v) is 5.08. The van der Waals surface area contributed by atoms with Gasteiger partial charge in [0.2, 0.25) is 5.91 Å². The minimum absolute atomic E-state index is 0.0116. The van der Waals surface area contributed by atoms with E-state index in [4.69, 9.17) is 58.0 Å². The van der Waals surface area contributed by atoms with Crippen molar-refractivity contribution in [3.8, 4) is 0 Å². The van der Waals surface area contributed by atoms with Crippen molar-refractivity contribution < 1.29 is 14.3 Å². The zero-order valence-corrected chi connectivity index (χ0v) is 15.6. The average molecular weight is 416 g/mol. The number of rotatable bonds is 7. The zero-order valence-electron chi connectivity index (χ0n) is 11.0. The number of nitrogens with one attached hydrogen (secondary N) is 1. The standard InChI is InChI=1S/C11H12Cl5NO3S/c1-5(18)17-6(11(19)20-2)3-4-21-10(16)8(13)7(12)9(14)15/h6H,3-4H2,1-2H3,(H,17,18). The highest BCUT2D eigenvalue weighted by molar-refractivity contribution is 8.04. The van der Waals surface area contributed by atoms with Crippen LogP contribution in [0.3, 0.4) is 0 Å². The van der Waals surface area contributed by atoms with Crippen LogP contribution >= 0.6 is 69.8 Å². The summed E-state index contributed by atoms with van der Waals surface area (Å²) in [6.07, 6.45) is 0.299. The van der Waals surface area contributed by atoms with E-state index in [1.165, 1.54) is 14.0 Å². The quantitative estimate of drug-likeness (QED) is 0.497. The highest BCUT2D eigenvalue weighted by atomic mass is 35.5. The minimum Gasteiger partial charge on any atom is -0.467 e. The lowest BCUT2D eigenvalue weighted by Gasteiger charge is -2.15. The number of carbonyl (C=O) groups excluding carboxylic acids is 2. The van der Waals surface area contributed by atoms with Crippen LogP contribution in [0.4, 0.5) is 0 Å². The molecular formula is C11H12Cl5NO3S. The molecule has 0 aliphatic rings. The highest BCUT2D eigenvalue weighted by Crippen LogP contribution is 2.36. The number of carbonyl (C=O) groups is 2. The van der Waals surface area contributed by atoms with E-state index in [9.17, 15) is 9.59 Å². The summed E-state index contributed by atoms with van der Waals surface area (Å²) in [5.41, 5.74) is 0. The number of hydrogen-bond acceptors (Lipinski definition) is 4. The van der Waals surface area contributed by atoms with Crippen molar-refractivity contribution in [1.82, 2.24) is 5.32 Å². The first-order valence-corrected chi connectivity index (χ1v) is 8.32. The Morgan fingerprint density at radius 1 is 1.14 bits per heavy atom. The van der Waals surface area contributed by atoms with Gasteiger partial charge in [0, 0.05) is 12.7 Å². The molecule has 0 spiro atoms. The van der Waals surface area contributed by atoms with Gasteiger partial charge in [-0.15, -0.1) is 11.8 Å². The highest BCUT2D eigenvalue weighted by Gasteiger charge is 2.20. The van der Waals surface area contributed by atoms with Crippen LogP contribution in [-0.2, 0) is 14.3 Å². The van der Waals surface area contributed by atoms with Crippen LogP contribution in [0.15, 0.2) is 18.9 Å². The Morgan fingerprint density at radius 2 is 1.71 bits per heavy atom. The summed E-state index contributed by atoms with van der Waals surface area (Å²) in [6.45, 7) is 1.31. The van der Waals surface area contributed by atoms with E-state index in [-0.39, 0.29) is 24.8 Å². The summed E-state index contributed by atoms with van der Waals surface area (Å²) in [5.74, 6) is -0.493. The van der Waals surface area contributed by atoms with Gasteiger partial charge in [0.05, 0.1) is 21.5 Å². The van der Waals surface area contributed by atoms with Crippen molar-refractivity contribution in [2.24, 2.45) is 0 Å². The summed E-state index contributed by atoms with van der Waals surface area (Å²) in [7, 11) is 1.24. The van der Waals surface area contributed by atoms with Gasteiger partial charge in [0.15, 0.2) is 0 Å². The lowest BCUT2D eigenvalue weighted by atomic mass is 10.2. The molecule has 0 rings (SSSR count). The Bertz CT molecular complexity index is 463. The predicted octanol–water partition coefficient (Wildman–Crippen LogP) is 4.32. The molecule has 0 aromatic heterocycles. The van der Waals surface area contributed by atoms with Crippen LogP contribution in [0.25, 0.3) is 0 Å². The topological polar surface area (TPSA) is 55.4 Å². The summed E-state index contributed by atoms with van der Waals surface area (Å²) < 4.78 is 4.56. The molecule has 1 atom stereocenters. The lowest BCUT2D eigenvalue weighted by Crippen LogP contribution is -2.40. The molecule has 1 N–H and O–H groups in total. The van der Waals surface area contributed by atoms with Gasteiger partial charge in [-0.05, 0) is 6.42 Å². The number of methoxy groups -OCH3 is 1. The van der Waals surface area contributed by atoms with Crippen LogP contribution in [-0.4, -0.2) is 30.8 Å². The van der Waals surface area contributed by atoms with Crippen molar-refractivity contribution in [1.29, 1.82) is 0 Å². The number of thioether (sulfide) groups is 1. The fraction of sp³-hybridized carbons (Fsp3) is 0.455. The fourth-order valence-electron chi connectivity index (χ4n) is 1.14. The molecule has 21 heavy (non-hydrogen) atoms. The second-order valence-corrected chi connectivity index (χ2v) is 6.99. The second kappa shape index (κ2) is 10.9.